The number of imidazole rings is 1. The first-order valence-electron chi connectivity index (χ1n) is 11.0. The van der Waals surface area contributed by atoms with Crippen molar-refractivity contribution in [2.75, 3.05) is 24.5 Å². The lowest BCUT2D eigenvalue weighted by atomic mass is 10.0. The fraction of sp³-hybridized carbons (Fsp3) is 0.435. The van der Waals surface area contributed by atoms with E-state index >= 15 is 0 Å². The molecule has 164 valence electrons. The highest BCUT2D eigenvalue weighted by atomic mass is 19.1. The molecule has 0 aromatic carbocycles. The predicted octanol–water partition coefficient (Wildman–Crippen LogP) is 3.05. The molecule has 2 fully saturated rings. The summed E-state index contributed by atoms with van der Waals surface area (Å²) < 4.78 is 15.5. The minimum Gasteiger partial charge on any atom is -0.351 e. The van der Waals surface area contributed by atoms with Crippen LogP contribution in [-0.2, 0) is 4.79 Å². The van der Waals surface area contributed by atoms with Crippen molar-refractivity contribution in [3.8, 4) is 17.6 Å². The molecule has 1 aliphatic carbocycles. The van der Waals surface area contributed by atoms with E-state index in [1.165, 1.54) is 25.1 Å². The van der Waals surface area contributed by atoms with Gasteiger partial charge in [0, 0.05) is 38.1 Å². The standard InChI is InChI=1S/C23H24FN7O/c24-17-5-6-20-27-12-19(31(20)14-17)23-26-10-8-21(28-23)30(13-16-3-4-16)18-2-1-11-29(15-18)22(32)7-9-25/h5-6,8,10,12,14,16,18H,1-4,7,11,13,15H2. The van der Waals surface area contributed by atoms with Crippen LogP contribution in [0.2, 0.25) is 0 Å². The largest absolute Gasteiger partial charge is 0.351 e. The van der Waals surface area contributed by atoms with E-state index in [0.29, 0.717) is 36.2 Å². The Morgan fingerprint density at radius 2 is 2.12 bits per heavy atom. The normalized spacial score (nSPS) is 18.5. The van der Waals surface area contributed by atoms with E-state index in [2.05, 4.69) is 14.9 Å². The van der Waals surface area contributed by atoms with Gasteiger partial charge in [-0.1, -0.05) is 0 Å². The third kappa shape index (κ3) is 4.13. The average molecular weight is 433 g/mol. The van der Waals surface area contributed by atoms with Crippen molar-refractivity contribution in [3.05, 3.63) is 42.6 Å². The van der Waals surface area contributed by atoms with Crippen LogP contribution in [0.5, 0.6) is 0 Å². The van der Waals surface area contributed by atoms with Crippen LogP contribution in [0.3, 0.4) is 0 Å². The Hall–Kier alpha value is -3.54. The van der Waals surface area contributed by atoms with Gasteiger partial charge < -0.3 is 9.80 Å². The number of likely N-dealkylation sites (tertiary alicyclic amines) is 1. The topological polar surface area (TPSA) is 90.4 Å². The zero-order valence-electron chi connectivity index (χ0n) is 17.7. The summed E-state index contributed by atoms with van der Waals surface area (Å²) in [4.78, 5) is 30.0. The van der Waals surface area contributed by atoms with Gasteiger partial charge in [-0.05, 0) is 49.8 Å². The molecule has 1 saturated carbocycles. The first kappa shape index (κ1) is 20.4. The number of anilines is 1. The fourth-order valence-corrected chi connectivity index (χ4v) is 4.38. The van der Waals surface area contributed by atoms with Gasteiger partial charge in [-0.15, -0.1) is 0 Å². The first-order valence-corrected chi connectivity index (χ1v) is 11.0. The highest BCUT2D eigenvalue weighted by Crippen LogP contribution is 2.33. The third-order valence-electron chi connectivity index (χ3n) is 6.21. The predicted molar refractivity (Wildman–Crippen MR) is 116 cm³/mol. The smallest absolute Gasteiger partial charge is 0.236 e. The van der Waals surface area contributed by atoms with Crippen molar-refractivity contribution in [1.82, 2.24) is 24.3 Å². The number of rotatable bonds is 6. The number of fused-ring (bicyclic) bond motifs is 1. The van der Waals surface area contributed by atoms with Gasteiger partial charge in [-0.25, -0.2) is 19.3 Å². The minimum atomic E-state index is -0.354. The summed E-state index contributed by atoms with van der Waals surface area (Å²) in [6.07, 6.45) is 8.93. The number of carbonyl (C=O) groups is 1. The minimum absolute atomic E-state index is 0.0855. The summed E-state index contributed by atoms with van der Waals surface area (Å²) in [5, 5.41) is 8.91. The molecule has 0 spiro atoms. The van der Waals surface area contributed by atoms with Crippen molar-refractivity contribution in [1.29, 1.82) is 5.26 Å². The first-order chi connectivity index (χ1) is 15.6. The summed E-state index contributed by atoms with van der Waals surface area (Å²) in [7, 11) is 0. The summed E-state index contributed by atoms with van der Waals surface area (Å²) in [5.41, 5.74) is 1.26. The van der Waals surface area contributed by atoms with E-state index in [4.69, 9.17) is 10.2 Å². The van der Waals surface area contributed by atoms with Crippen molar-refractivity contribution in [2.45, 2.75) is 38.1 Å². The van der Waals surface area contributed by atoms with Crippen molar-refractivity contribution >= 4 is 17.4 Å². The molecule has 1 amide bonds. The molecular formula is C23H24FN7O. The molecule has 2 aliphatic rings. The number of nitriles is 1. The number of nitrogens with zero attached hydrogens (tertiary/aromatic N) is 7. The van der Waals surface area contributed by atoms with Crippen LogP contribution in [0.15, 0.2) is 36.8 Å². The van der Waals surface area contributed by atoms with Gasteiger partial charge in [0.2, 0.25) is 5.91 Å². The van der Waals surface area contributed by atoms with Crippen molar-refractivity contribution < 1.29 is 9.18 Å². The van der Waals surface area contributed by atoms with Crippen LogP contribution in [0.1, 0.15) is 32.1 Å². The monoisotopic (exact) mass is 433 g/mol. The zero-order chi connectivity index (χ0) is 22.1. The Bertz CT molecular complexity index is 1180. The Morgan fingerprint density at radius 3 is 2.94 bits per heavy atom. The van der Waals surface area contributed by atoms with E-state index in [-0.39, 0.29) is 24.2 Å². The molecular weight excluding hydrogens is 409 g/mol. The summed E-state index contributed by atoms with van der Waals surface area (Å²) >= 11 is 0. The second-order valence-electron chi connectivity index (χ2n) is 8.52. The fourth-order valence-electron chi connectivity index (χ4n) is 4.38. The van der Waals surface area contributed by atoms with Gasteiger partial charge in [-0.3, -0.25) is 9.20 Å². The number of piperidine rings is 1. The molecule has 8 nitrogen and oxygen atoms in total. The maximum absolute atomic E-state index is 13.8. The lowest BCUT2D eigenvalue weighted by Crippen LogP contribution is -2.50. The highest BCUT2D eigenvalue weighted by molar-refractivity contribution is 5.78. The zero-order valence-corrected chi connectivity index (χ0v) is 17.7. The number of carbonyl (C=O) groups excluding carboxylic acids is 1. The second kappa shape index (κ2) is 8.54. The number of amides is 1. The molecule has 9 heteroatoms. The Labute approximate surface area is 185 Å². The van der Waals surface area contributed by atoms with Crippen molar-refractivity contribution in [3.63, 3.8) is 0 Å². The molecule has 1 unspecified atom stereocenters. The van der Waals surface area contributed by atoms with Gasteiger partial charge in [0.25, 0.3) is 0 Å². The maximum atomic E-state index is 13.8. The van der Waals surface area contributed by atoms with Crippen molar-refractivity contribution in [2.24, 2.45) is 5.92 Å². The second-order valence-corrected chi connectivity index (χ2v) is 8.52. The SMILES string of the molecule is N#CCC(=O)N1CCCC(N(CC2CC2)c2ccnc(-c3cnc4ccc(F)cn34)n2)C1. The van der Waals surface area contributed by atoms with Crippen LogP contribution in [0, 0.1) is 23.1 Å². The van der Waals surface area contributed by atoms with Gasteiger partial charge in [0.05, 0.1) is 12.3 Å². The number of hydrogen-bond donors (Lipinski definition) is 0. The summed E-state index contributed by atoms with van der Waals surface area (Å²) in [6.45, 7) is 2.16. The molecule has 1 atom stereocenters. The molecule has 0 bridgehead atoms. The molecule has 5 rings (SSSR count). The Kier molecular flexibility index (Phi) is 5.43. The maximum Gasteiger partial charge on any atom is 0.236 e. The van der Waals surface area contributed by atoms with Gasteiger partial charge in [0.15, 0.2) is 5.82 Å². The van der Waals surface area contributed by atoms with Crippen LogP contribution in [0.4, 0.5) is 10.2 Å². The lowest BCUT2D eigenvalue weighted by Gasteiger charge is -2.40. The molecule has 3 aromatic heterocycles. The molecule has 1 saturated heterocycles. The van der Waals surface area contributed by atoms with Gasteiger partial charge in [-0.2, -0.15) is 5.26 Å². The molecule has 32 heavy (non-hydrogen) atoms. The van der Waals surface area contributed by atoms with Gasteiger partial charge in [0.1, 0.15) is 29.4 Å². The summed E-state index contributed by atoms with van der Waals surface area (Å²) in [5.74, 6) is 1.44. The summed E-state index contributed by atoms with van der Waals surface area (Å²) in [6, 6.07) is 6.99. The highest BCUT2D eigenvalue weighted by Gasteiger charge is 2.33. The Morgan fingerprint density at radius 1 is 1.25 bits per heavy atom. The number of halogens is 1. The molecule has 4 heterocycles. The molecule has 0 radical (unpaired) electrons. The molecule has 1 aliphatic heterocycles. The van der Waals surface area contributed by atoms with Crippen LogP contribution in [-0.4, -0.2) is 55.8 Å². The Balaban J connectivity index is 1.46. The molecule has 0 N–H and O–H groups in total. The van der Waals surface area contributed by atoms with Gasteiger partial charge >= 0.3 is 0 Å². The van der Waals surface area contributed by atoms with E-state index < -0.39 is 0 Å². The van der Waals surface area contributed by atoms with E-state index in [0.717, 1.165) is 25.2 Å². The quantitative estimate of drug-likeness (QED) is 0.594. The number of pyridine rings is 1. The van der Waals surface area contributed by atoms with E-state index in [9.17, 15) is 9.18 Å². The van der Waals surface area contributed by atoms with Crippen LogP contribution >= 0.6 is 0 Å². The molecule has 3 aromatic rings. The number of hydrogen-bond acceptors (Lipinski definition) is 6. The lowest BCUT2D eigenvalue weighted by molar-refractivity contribution is -0.131. The number of aromatic nitrogens is 4. The average Bonchev–Trinajstić information content (AvgIpc) is 3.54. The third-order valence-corrected chi connectivity index (χ3v) is 6.21. The van der Waals surface area contributed by atoms with E-state index in [1.807, 2.05) is 12.1 Å². The van der Waals surface area contributed by atoms with Crippen LogP contribution < -0.4 is 4.90 Å². The van der Waals surface area contributed by atoms with E-state index in [1.54, 1.807) is 27.8 Å². The van der Waals surface area contributed by atoms with Crippen LogP contribution in [0.25, 0.3) is 17.2 Å².